The maximum absolute atomic E-state index is 12.0. The number of nitrogens with one attached hydrogen (secondary N) is 1. The minimum absolute atomic E-state index is 0.421. The predicted molar refractivity (Wildman–Crippen MR) is 78.0 cm³/mol. The molecule has 2 rings (SSSR count). The molecule has 1 N–H and O–H groups in total. The topological polar surface area (TPSA) is 64.2 Å². The standard InChI is InChI=1S/C15H20N2O3/c1-2-3-4-5-8-11-16-14(18)17-12-9-6-7-10-13(12)20-15(17)19/h6-7,9-10H,2-5,8,11H2,1H3,(H,16,18). The van der Waals surface area contributed by atoms with Crippen LogP contribution in [0, 0.1) is 0 Å². The summed E-state index contributed by atoms with van der Waals surface area (Å²) in [6.45, 7) is 2.74. The first-order valence-electron chi connectivity index (χ1n) is 7.13. The predicted octanol–water partition coefficient (Wildman–Crippen LogP) is 3.12. The lowest BCUT2D eigenvalue weighted by molar-refractivity contribution is 0.241. The Morgan fingerprint density at radius 3 is 2.75 bits per heavy atom. The lowest BCUT2D eigenvalue weighted by Crippen LogP contribution is -2.34. The Labute approximate surface area is 117 Å². The first kappa shape index (κ1) is 14.4. The van der Waals surface area contributed by atoms with Crippen LogP contribution in [0.25, 0.3) is 11.1 Å². The molecule has 1 heterocycles. The summed E-state index contributed by atoms with van der Waals surface area (Å²) >= 11 is 0. The van der Waals surface area contributed by atoms with E-state index in [9.17, 15) is 9.59 Å². The Hall–Kier alpha value is -2.04. The van der Waals surface area contributed by atoms with Gasteiger partial charge in [0.1, 0.15) is 0 Å². The zero-order valence-corrected chi connectivity index (χ0v) is 11.7. The lowest BCUT2D eigenvalue weighted by atomic mass is 10.1. The molecule has 0 aliphatic heterocycles. The van der Waals surface area contributed by atoms with Crippen molar-refractivity contribution in [3.8, 4) is 0 Å². The molecular weight excluding hydrogens is 256 g/mol. The Bertz CT molecular complexity index is 627. The summed E-state index contributed by atoms with van der Waals surface area (Å²) in [6.07, 6.45) is 5.62. The van der Waals surface area contributed by atoms with Crippen LogP contribution in [0.5, 0.6) is 0 Å². The molecule has 0 saturated heterocycles. The van der Waals surface area contributed by atoms with Gasteiger partial charge in [0.05, 0.1) is 5.52 Å². The highest BCUT2D eigenvalue weighted by Crippen LogP contribution is 2.11. The van der Waals surface area contributed by atoms with Crippen LogP contribution >= 0.6 is 0 Å². The molecule has 2 aromatic rings. The SMILES string of the molecule is CCCCCCCNC(=O)n1c(=O)oc2ccccc21. The zero-order valence-electron chi connectivity index (χ0n) is 11.7. The van der Waals surface area contributed by atoms with E-state index in [0.29, 0.717) is 17.6 Å². The second-order valence-corrected chi connectivity index (χ2v) is 4.82. The monoisotopic (exact) mass is 276 g/mol. The third kappa shape index (κ3) is 3.29. The fraction of sp³-hybridized carbons (Fsp3) is 0.467. The van der Waals surface area contributed by atoms with Crippen molar-refractivity contribution in [3.05, 3.63) is 34.8 Å². The van der Waals surface area contributed by atoms with Gasteiger partial charge in [0.25, 0.3) is 0 Å². The van der Waals surface area contributed by atoms with Gasteiger partial charge < -0.3 is 9.73 Å². The lowest BCUT2D eigenvalue weighted by Gasteiger charge is -2.04. The number of amides is 1. The molecule has 1 amide bonds. The van der Waals surface area contributed by atoms with Gasteiger partial charge in [0, 0.05) is 6.54 Å². The zero-order chi connectivity index (χ0) is 14.4. The molecule has 1 aromatic carbocycles. The third-order valence-corrected chi connectivity index (χ3v) is 3.25. The minimum atomic E-state index is -0.644. The molecule has 5 nitrogen and oxygen atoms in total. The van der Waals surface area contributed by atoms with Gasteiger partial charge in [-0.15, -0.1) is 0 Å². The molecule has 0 atom stereocenters. The van der Waals surface area contributed by atoms with Crippen molar-refractivity contribution in [2.75, 3.05) is 6.54 Å². The number of hydrogen-bond donors (Lipinski definition) is 1. The van der Waals surface area contributed by atoms with E-state index in [2.05, 4.69) is 12.2 Å². The summed E-state index contributed by atoms with van der Waals surface area (Å²) in [5.41, 5.74) is 0.927. The van der Waals surface area contributed by atoms with Crippen molar-refractivity contribution in [2.45, 2.75) is 39.0 Å². The first-order valence-corrected chi connectivity index (χ1v) is 7.13. The number of hydrogen-bond acceptors (Lipinski definition) is 3. The number of unbranched alkanes of at least 4 members (excludes halogenated alkanes) is 4. The van der Waals surface area contributed by atoms with E-state index < -0.39 is 11.8 Å². The first-order chi connectivity index (χ1) is 9.74. The highest BCUT2D eigenvalue weighted by atomic mass is 16.4. The van der Waals surface area contributed by atoms with Crippen LogP contribution in [0.3, 0.4) is 0 Å². The van der Waals surface area contributed by atoms with Gasteiger partial charge in [-0.3, -0.25) is 0 Å². The van der Waals surface area contributed by atoms with E-state index in [-0.39, 0.29) is 0 Å². The average Bonchev–Trinajstić information content (AvgIpc) is 2.78. The smallest absolute Gasteiger partial charge is 0.407 e. The molecule has 0 aliphatic carbocycles. The van der Waals surface area contributed by atoms with Gasteiger partial charge in [0.15, 0.2) is 5.58 Å². The van der Waals surface area contributed by atoms with Crippen LogP contribution in [0.4, 0.5) is 4.79 Å². The fourth-order valence-electron chi connectivity index (χ4n) is 2.16. The highest BCUT2D eigenvalue weighted by molar-refractivity contribution is 5.87. The molecule has 1 aromatic heterocycles. The summed E-state index contributed by atoms with van der Waals surface area (Å²) in [4.78, 5) is 23.7. The Balaban J connectivity index is 1.94. The molecule has 108 valence electrons. The van der Waals surface area contributed by atoms with Gasteiger partial charge in [-0.1, -0.05) is 44.7 Å². The minimum Gasteiger partial charge on any atom is -0.407 e. The molecule has 0 spiro atoms. The quantitative estimate of drug-likeness (QED) is 0.824. The van der Waals surface area contributed by atoms with Crippen molar-refractivity contribution < 1.29 is 9.21 Å². The van der Waals surface area contributed by atoms with E-state index in [1.807, 2.05) is 0 Å². The summed E-state index contributed by atoms with van der Waals surface area (Å²) in [6, 6.07) is 6.48. The second kappa shape index (κ2) is 6.93. The highest BCUT2D eigenvalue weighted by Gasteiger charge is 2.14. The van der Waals surface area contributed by atoms with Gasteiger partial charge in [-0.05, 0) is 18.6 Å². The molecule has 5 heteroatoms. The van der Waals surface area contributed by atoms with Crippen LogP contribution < -0.4 is 11.1 Å². The molecule has 0 unspecified atom stereocenters. The number of nitrogens with zero attached hydrogens (tertiary/aromatic N) is 1. The Morgan fingerprint density at radius 2 is 1.95 bits per heavy atom. The number of benzene rings is 1. The van der Waals surface area contributed by atoms with Gasteiger partial charge >= 0.3 is 11.8 Å². The summed E-state index contributed by atoms with van der Waals surface area (Å²) < 4.78 is 6.07. The Kier molecular flexibility index (Phi) is 4.98. The number of oxazole rings is 1. The van der Waals surface area contributed by atoms with Gasteiger partial charge in [0.2, 0.25) is 0 Å². The number of carbonyl (C=O) groups is 1. The second-order valence-electron chi connectivity index (χ2n) is 4.82. The van der Waals surface area contributed by atoms with E-state index in [4.69, 9.17) is 4.42 Å². The normalized spacial score (nSPS) is 10.8. The van der Waals surface area contributed by atoms with Crippen LogP contribution in [0.15, 0.2) is 33.5 Å². The number of para-hydroxylation sites is 2. The van der Waals surface area contributed by atoms with Crippen molar-refractivity contribution in [1.82, 2.24) is 9.88 Å². The Morgan fingerprint density at radius 1 is 1.20 bits per heavy atom. The van der Waals surface area contributed by atoms with Crippen LogP contribution in [0.2, 0.25) is 0 Å². The molecular formula is C15H20N2O3. The molecule has 0 aliphatic rings. The maximum Gasteiger partial charge on any atom is 0.428 e. The molecule has 0 radical (unpaired) electrons. The third-order valence-electron chi connectivity index (χ3n) is 3.25. The van der Waals surface area contributed by atoms with E-state index >= 15 is 0 Å². The van der Waals surface area contributed by atoms with Crippen molar-refractivity contribution in [1.29, 1.82) is 0 Å². The molecule has 0 fully saturated rings. The fourth-order valence-corrected chi connectivity index (χ4v) is 2.16. The van der Waals surface area contributed by atoms with Crippen molar-refractivity contribution >= 4 is 17.1 Å². The largest absolute Gasteiger partial charge is 0.428 e. The van der Waals surface area contributed by atoms with Gasteiger partial charge in [-0.2, -0.15) is 4.57 Å². The van der Waals surface area contributed by atoms with Crippen LogP contribution in [0.1, 0.15) is 39.0 Å². The van der Waals surface area contributed by atoms with E-state index in [1.165, 1.54) is 19.3 Å². The van der Waals surface area contributed by atoms with Crippen LogP contribution in [-0.4, -0.2) is 17.1 Å². The van der Waals surface area contributed by atoms with Crippen molar-refractivity contribution in [2.24, 2.45) is 0 Å². The average molecular weight is 276 g/mol. The molecule has 0 saturated carbocycles. The summed E-state index contributed by atoms with van der Waals surface area (Å²) in [5, 5.41) is 2.76. The van der Waals surface area contributed by atoms with E-state index in [0.717, 1.165) is 17.4 Å². The summed E-state index contributed by atoms with van der Waals surface area (Å²) in [5.74, 6) is -0.644. The van der Waals surface area contributed by atoms with E-state index in [1.54, 1.807) is 24.3 Å². The van der Waals surface area contributed by atoms with Crippen LogP contribution in [-0.2, 0) is 0 Å². The van der Waals surface area contributed by atoms with Gasteiger partial charge in [-0.25, -0.2) is 9.59 Å². The number of carbonyl (C=O) groups excluding carboxylic acids is 1. The number of rotatable bonds is 6. The maximum atomic E-state index is 12.0. The molecule has 20 heavy (non-hydrogen) atoms. The number of fused-ring (bicyclic) bond motifs is 1. The molecule has 0 bridgehead atoms. The number of aromatic nitrogens is 1. The summed E-state index contributed by atoms with van der Waals surface area (Å²) in [7, 11) is 0. The van der Waals surface area contributed by atoms with Crippen molar-refractivity contribution in [3.63, 3.8) is 0 Å².